The van der Waals surface area contributed by atoms with Crippen molar-refractivity contribution in [3.63, 3.8) is 0 Å². The highest BCUT2D eigenvalue weighted by atomic mass is 16.5. The molecule has 0 aromatic carbocycles. The highest BCUT2D eigenvalue weighted by molar-refractivity contribution is 5.47. The first-order chi connectivity index (χ1) is 9.24. The maximum Gasteiger partial charge on any atom is 0.131 e. The number of nitrogens with zero attached hydrogens (tertiary/aromatic N) is 2. The van der Waals surface area contributed by atoms with Crippen LogP contribution in [0.4, 0.5) is 11.6 Å². The molecule has 1 N–H and O–H groups in total. The van der Waals surface area contributed by atoms with E-state index in [1.165, 1.54) is 0 Å². The standard InChI is InChI=1S/C15H25N3O/c1-4-9-16-14-6-5-7-15(17-14)18-10-8-12(2)13(11-18)19-3/h5-7,12-13H,4,8-11H2,1-3H3,(H,16,17). The number of ether oxygens (including phenoxy) is 1. The maximum atomic E-state index is 5.57. The van der Waals surface area contributed by atoms with Crippen molar-refractivity contribution in [1.29, 1.82) is 0 Å². The Morgan fingerprint density at radius 1 is 1.47 bits per heavy atom. The zero-order chi connectivity index (χ0) is 13.7. The van der Waals surface area contributed by atoms with Gasteiger partial charge in [0.2, 0.25) is 0 Å². The number of piperidine rings is 1. The topological polar surface area (TPSA) is 37.4 Å². The van der Waals surface area contributed by atoms with Crippen molar-refractivity contribution in [2.24, 2.45) is 5.92 Å². The van der Waals surface area contributed by atoms with Crippen LogP contribution >= 0.6 is 0 Å². The van der Waals surface area contributed by atoms with Crippen LogP contribution < -0.4 is 10.2 Å². The van der Waals surface area contributed by atoms with Crippen molar-refractivity contribution >= 4 is 11.6 Å². The Hall–Kier alpha value is -1.29. The fraction of sp³-hybridized carbons (Fsp3) is 0.667. The number of hydrogen-bond acceptors (Lipinski definition) is 4. The lowest BCUT2D eigenvalue weighted by Crippen LogP contribution is -2.44. The molecule has 0 bridgehead atoms. The van der Waals surface area contributed by atoms with Crippen LogP contribution in [0.15, 0.2) is 18.2 Å². The van der Waals surface area contributed by atoms with E-state index in [1.807, 2.05) is 6.07 Å². The maximum absolute atomic E-state index is 5.57. The van der Waals surface area contributed by atoms with Crippen LogP contribution in [0.3, 0.4) is 0 Å². The van der Waals surface area contributed by atoms with Gasteiger partial charge in [-0.3, -0.25) is 0 Å². The van der Waals surface area contributed by atoms with Gasteiger partial charge in [-0.25, -0.2) is 4.98 Å². The SMILES string of the molecule is CCCNc1cccc(N2CCC(C)C(OC)C2)n1. The van der Waals surface area contributed by atoms with Crippen LogP contribution in [0, 0.1) is 5.92 Å². The Bertz CT molecular complexity index is 397. The molecular formula is C15H25N3O. The molecule has 106 valence electrons. The number of pyridine rings is 1. The van der Waals surface area contributed by atoms with Gasteiger partial charge < -0.3 is 15.0 Å². The predicted molar refractivity (Wildman–Crippen MR) is 79.8 cm³/mol. The molecule has 1 saturated heterocycles. The van der Waals surface area contributed by atoms with Crippen LogP contribution in [0.25, 0.3) is 0 Å². The summed E-state index contributed by atoms with van der Waals surface area (Å²) in [5, 5.41) is 3.34. The number of aromatic nitrogens is 1. The summed E-state index contributed by atoms with van der Waals surface area (Å²) in [5.74, 6) is 2.64. The summed E-state index contributed by atoms with van der Waals surface area (Å²) in [7, 11) is 1.80. The quantitative estimate of drug-likeness (QED) is 0.886. The third-order valence-corrected chi connectivity index (χ3v) is 3.81. The summed E-state index contributed by atoms with van der Waals surface area (Å²) in [4.78, 5) is 7.01. The second kappa shape index (κ2) is 6.75. The largest absolute Gasteiger partial charge is 0.379 e. The third kappa shape index (κ3) is 3.60. The lowest BCUT2D eigenvalue weighted by atomic mass is 9.96. The number of anilines is 2. The lowest BCUT2D eigenvalue weighted by Gasteiger charge is -2.37. The fourth-order valence-electron chi connectivity index (χ4n) is 2.50. The molecule has 4 nitrogen and oxygen atoms in total. The molecule has 0 spiro atoms. The zero-order valence-electron chi connectivity index (χ0n) is 12.2. The molecule has 2 rings (SSSR count). The van der Waals surface area contributed by atoms with E-state index in [1.54, 1.807) is 7.11 Å². The number of hydrogen-bond donors (Lipinski definition) is 1. The first kappa shape index (κ1) is 14.1. The Morgan fingerprint density at radius 3 is 3.05 bits per heavy atom. The Kier molecular flexibility index (Phi) is 5.02. The highest BCUT2D eigenvalue weighted by Gasteiger charge is 2.26. The zero-order valence-corrected chi connectivity index (χ0v) is 12.2. The predicted octanol–water partition coefficient (Wildman–Crippen LogP) is 2.76. The number of nitrogens with one attached hydrogen (secondary N) is 1. The molecule has 19 heavy (non-hydrogen) atoms. The van der Waals surface area contributed by atoms with E-state index in [0.29, 0.717) is 12.0 Å². The highest BCUT2D eigenvalue weighted by Crippen LogP contribution is 2.24. The van der Waals surface area contributed by atoms with Crippen LogP contribution in [-0.2, 0) is 4.74 Å². The Labute approximate surface area is 116 Å². The third-order valence-electron chi connectivity index (χ3n) is 3.81. The Balaban J connectivity index is 2.04. The molecule has 0 amide bonds. The smallest absolute Gasteiger partial charge is 0.131 e. The molecule has 0 saturated carbocycles. The average molecular weight is 263 g/mol. The van der Waals surface area contributed by atoms with E-state index in [2.05, 4.69) is 41.2 Å². The molecule has 1 aromatic heterocycles. The van der Waals surface area contributed by atoms with Crippen LogP contribution in [-0.4, -0.2) is 37.8 Å². The first-order valence-corrected chi connectivity index (χ1v) is 7.23. The van der Waals surface area contributed by atoms with E-state index in [4.69, 9.17) is 4.74 Å². The van der Waals surface area contributed by atoms with E-state index in [0.717, 1.165) is 44.1 Å². The van der Waals surface area contributed by atoms with Gasteiger partial charge in [0.15, 0.2) is 0 Å². The first-order valence-electron chi connectivity index (χ1n) is 7.23. The molecule has 1 fully saturated rings. The van der Waals surface area contributed by atoms with Gasteiger partial charge in [-0.1, -0.05) is 19.9 Å². The van der Waals surface area contributed by atoms with Crippen molar-refractivity contribution in [3.8, 4) is 0 Å². The molecule has 2 heterocycles. The monoisotopic (exact) mass is 263 g/mol. The molecule has 1 aromatic rings. The summed E-state index contributed by atoms with van der Waals surface area (Å²) in [6.45, 7) is 7.38. The van der Waals surface area contributed by atoms with Gasteiger partial charge in [0.25, 0.3) is 0 Å². The molecule has 2 atom stereocenters. The van der Waals surface area contributed by atoms with E-state index in [9.17, 15) is 0 Å². The number of rotatable bonds is 5. The minimum atomic E-state index is 0.308. The second-order valence-corrected chi connectivity index (χ2v) is 5.29. The molecule has 0 radical (unpaired) electrons. The van der Waals surface area contributed by atoms with Crippen molar-refractivity contribution in [3.05, 3.63) is 18.2 Å². The van der Waals surface area contributed by atoms with Gasteiger partial charge in [-0.2, -0.15) is 0 Å². The van der Waals surface area contributed by atoms with E-state index in [-0.39, 0.29) is 0 Å². The van der Waals surface area contributed by atoms with Gasteiger partial charge >= 0.3 is 0 Å². The fourth-order valence-corrected chi connectivity index (χ4v) is 2.50. The summed E-state index contributed by atoms with van der Waals surface area (Å²) >= 11 is 0. The normalized spacial score (nSPS) is 23.4. The van der Waals surface area contributed by atoms with E-state index >= 15 is 0 Å². The van der Waals surface area contributed by atoms with Gasteiger partial charge in [0.05, 0.1) is 6.10 Å². The molecule has 1 aliphatic rings. The van der Waals surface area contributed by atoms with Gasteiger partial charge in [-0.15, -0.1) is 0 Å². The molecule has 2 unspecified atom stereocenters. The van der Waals surface area contributed by atoms with Crippen molar-refractivity contribution < 1.29 is 4.74 Å². The van der Waals surface area contributed by atoms with Crippen LogP contribution in [0.2, 0.25) is 0 Å². The van der Waals surface area contributed by atoms with Gasteiger partial charge in [-0.05, 0) is 30.9 Å². The summed E-state index contributed by atoms with van der Waals surface area (Å²) in [6.07, 6.45) is 2.58. The van der Waals surface area contributed by atoms with Crippen molar-refractivity contribution in [2.45, 2.75) is 32.8 Å². The van der Waals surface area contributed by atoms with Crippen LogP contribution in [0.1, 0.15) is 26.7 Å². The average Bonchev–Trinajstić information content (AvgIpc) is 2.46. The molecule has 0 aliphatic carbocycles. The minimum absolute atomic E-state index is 0.308. The molecular weight excluding hydrogens is 238 g/mol. The molecule has 1 aliphatic heterocycles. The Morgan fingerprint density at radius 2 is 2.32 bits per heavy atom. The second-order valence-electron chi connectivity index (χ2n) is 5.29. The summed E-state index contributed by atoms with van der Waals surface area (Å²) < 4.78 is 5.57. The van der Waals surface area contributed by atoms with Crippen LogP contribution in [0.5, 0.6) is 0 Å². The van der Waals surface area contributed by atoms with E-state index < -0.39 is 0 Å². The number of methoxy groups -OCH3 is 1. The summed E-state index contributed by atoms with van der Waals surface area (Å²) in [6, 6.07) is 6.18. The van der Waals surface area contributed by atoms with Crippen molar-refractivity contribution in [1.82, 2.24) is 4.98 Å². The summed E-state index contributed by atoms with van der Waals surface area (Å²) in [5.41, 5.74) is 0. The lowest BCUT2D eigenvalue weighted by molar-refractivity contribution is 0.0496. The molecule has 4 heteroatoms. The van der Waals surface area contributed by atoms with Crippen molar-refractivity contribution in [2.75, 3.05) is 37.0 Å². The van der Waals surface area contributed by atoms with Gasteiger partial charge in [0.1, 0.15) is 11.6 Å². The minimum Gasteiger partial charge on any atom is -0.379 e. The van der Waals surface area contributed by atoms with Gasteiger partial charge in [0, 0.05) is 26.7 Å².